The average molecular weight is 294 g/mol. The Labute approximate surface area is 124 Å². The number of carbonyl (C=O) groups excluding carboxylic acids is 1. The number of aromatic nitrogens is 1. The lowest BCUT2D eigenvalue weighted by Crippen LogP contribution is -2.28. The minimum absolute atomic E-state index is 0.0687. The summed E-state index contributed by atoms with van der Waals surface area (Å²) in [7, 11) is 0. The summed E-state index contributed by atoms with van der Waals surface area (Å²) < 4.78 is 5.76. The Hall–Kier alpha value is -1.23. The van der Waals surface area contributed by atoms with Crippen LogP contribution in [0.15, 0.2) is 18.3 Å². The zero-order chi connectivity index (χ0) is 14.4. The molecule has 0 saturated carbocycles. The van der Waals surface area contributed by atoms with Crippen LogP contribution in [-0.4, -0.2) is 35.0 Å². The standard InChI is InChI=1S/C15H22N2O2S/c1-3-11(2)8-17-15(18)12-4-5-14(16-9-12)19-13-6-7-20-10-13/h4-5,9,11,13H,3,6-8,10H2,1-2H3,(H,17,18). The summed E-state index contributed by atoms with van der Waals surface area (Å²) in [6.45, 7) is 4.94. The number of ether oxygens (including phenoxy) is 1. The Morgan fingerprint density at radius 1 is 1.60 bits per heavy atom. The van der Waals surface area contributed by atoms with E-state index in [1.54, 1.807) is 18.3 Å². The molecule has 0 bridgehead atoms. The first kappa shape index (κ1) is 15.2. The maximum absolute atomic E-state index is 11.9. The van der Waals surface area contributed by atoms with Crippen molar-refractivity contribution in [2.75, 3.05) is 18.1 Å². The van der Waals surface area contributed by atoms with E-state index in [1.165, 1.54) is 0 Å². The van der Waals surface area contributed by atoms with E-state index in [4.69, 9.17) is 4.74 Å². The van der Waals surface area contributed by atoms with Gasteiger partial charge in [0.2, 0.25) is 5.88 Å². The minimum atomic E-state index is -0.0687. The van der Waals surface area contributed by atoms with Gasteiger partial charge in [-0.15, -0.1) is 0 Å². The van der Waals surface area contributed by atoms with Crippen LogP contribution in [0.25, 0.3) is 0 Å². The Balaban J connectivity index is 1.85. The van der Waals surface area contributed by atoms with Crippen LogP contribution in [0.2, 0.25) is 0 Å². The summed E-state index contributed by atoms with van der Waals surface area (Å²) in [6, 6.07) is 3.55. The summed E-state index contributed by atoms with van der Waals surface area (Å²) in [5, 5.41) is 2.92. The van der Waals surface area contributed by atoms with E-state index in [0.29, 0.717) is 23.9 Å². The molecule has 1 aromatic heterocycles. The van der Waals surface area contributed by atoms with E-state index in [2.05, 4.69) is 24.1 Å². The number of rotatable bonds is 6. The number of nitrogens with one attached hydrogen (secondary N) is 1. The second-order valence-corrected chi connectivity index (χ2v) is 6.36. The highest BCUT2D eigenvalue weighted by Crippen LogP contribution is 2.21. The normalized spacial score (nSPS) is 19.6. The van der Waals surface area contributed by atoms with Gasteiger partial charge in [0.1, 0.15) is 6.10 Å². The number of hydrogen-bond donors (Lipinski definition) is 1. The number of thioether (sulfide) groups is 1. The largest absolute Gasteiger partial charge is 0.473 e. The molecule has 2 heterocycles. The molecule has 1 N–H and O–H groups in total. The van der Waals surface area contributed by atoms with Gasteiger partial charge in [-0.3, -0.25) is 4.79 Å². The van der Waals surface area contributed by atoms with Gasteiger partial charge in [0.25, 0.3) is 5.91 Å². The predicted octanol–water partition coefficient (Wildman–Crippen LogP) is 2.74. The van der Waals surface area contributed by atoms with E-state index in [1.807, 2.05) is 11.8 Å². The first-order valence-corrected chi connectivity index (χ1v) is 8.33. The molecule has 1 amide bonds. The fourth-order valence-electron chi connectivity index (χ4n) is 1.87. The fraction of sp³-hybridized carbons (Fsp3) is 0.600. The highest BCUT2D eigenvalue weighted by Gasteiger charge is 2.17. The number of hydrogen-bond acceptors (Lipinski definition) is 4. The van der Waals surface area contributed by atoms with Crippen LogP contribution in [-0.2, 0) is 0 Å². The van der Waals surface area contributed by atoms with Crippen molar-refractivity contribution in [3.8, 4) is 5.88 Å². The minimum Gasteiger partial charge on any atom is -0.473 e. The molecule has 20 heavy (non-hydrogen) atoms. The zero-order valence-corrected chi connectivity index (χ0v) is 12.9. The van der Waals surface area contributed by atoms with Gasteiger partial charge in [-0.2, -0.15) is 11.8 Å². The molecule has 1 aromatic rings. The maximum atomic E-state index is 11.9. The Bertz CT molecular complexity index is 430. The molecule has 0 spiro atoms. The van der Waals surface area contributed by atoms with Gasteiger partial charge in [0.15, 0.2) is 0 Å². The van der Waals surface area contributed by atoms with E-state index in [9.17, 15) is 4.79 Å². The molecular formula is C15H22N2O2S. The van der Waals surface area contributed by atoms with Crippen molar-refractivity contribution in [3.63, 3.8) is 0 Å². The van der Waals surface area contributed by atoms with Crippen molar-refractivity contribution in [1.82, 2.24) is 10.3 Å². The molecule has 2 atom stereocenters. The van der Waals surface area contributed by atoms with E-state index in [-0.39, 0.29) is 12.0 Å². The molecule has 0 radical (unpaired) electrons. The summed E-state index contributed by atoms with van der Waals surface area (Å²) >= 11 is 1.90. The number of pyridine rings is 1. The van der Waals surface area contributed by atoms with E-state index in [0.717, 1.165) is 24.3 Å². The zero-order valence-electron chi connectivity index (χ0n) is 12.1. The van der Waals surface area contributed by atoms with Crippen LogP contribution in [0.4, 0.5) is 0 Å². The smallest absolute Gasteiger partial charge is 0.252 e. The van der Waals surface area contributed by atoms with Gasteiger partial charge in [-0.05, 0) is 24.2 Å². The van der Waals surface area contributed by atoms with E-state index >= 15 is 0 Å². The summed E-state index contributed by atoms with van der Waals surface area (Å²) in [6.07, 6.45) is 3.98. The number of nitrogens with zero attached hydrogens (tertiary/aromatic N) is 1. The van der Waals surface area contributed by atoms with Crippen LogP contribution in [0.1, 0.15) is 37.0 Å². The molecule has 1 fully saturated rings. The molecule has 4 nitrogen and oxygen atoms in total. The molecule has 0 aliphatic carbocycles. The Morgan fingerprint density at radius 3 is 3.05 bits per heavy atom. The molecule has 0 aromatic carbocycles. The van der Waals surface area contributed by atoms with Gasteiger partial charge in [0, 0.05) is 24.6 Å². The van der Waals surface area contributed by atoms with Gasteiger partial charge in [-0.1, -0.05) is 20.3 Å². The SMILES string of the molecule is CCC(C)CNC(=O)c1ccc(OC2CCSC2)nc1. The first-order valence-electron chi connectivity index (χ1n) is 7.17. The molecule has 2 rings (SSSR count). The number of carbonyl (C=O) groups is 1. The van der Waals surface area contributed by atoms with Gasteiger partial charge < -0.3 is 10.1 Å². The van der Waals surface area contributed by atoms with Crippen molar-refractivity contribution in [3.05, 3.63) is 23.9 Å². The lowest BCUT2D eigenvalue weighted by atomic mass is 10.1. The summed E-state index contributed by atoms with van der Waals surface area (Å²) in [5.41, 5.74) is 0.585. The molecule has 5 heteroatoms. The van der Waals surface area contributed by atoms with Crippen molar-refractivity contribution < 1.29 is 9.53 Å². The predicted molar refractivity (Wildman–Crippen MR) is 82.4 cm³/mol. The maximum Gasteiger partial charge on any atom is 0.252 e. The summed E-state index contributed by atoms with van der Waals surface area (Å²) in [4.78, 5) is 16.1. The second kappa shape index (κ2) is 7.53. The lowest BCUT2D eigenvalue weighted by molar-refractivity contribution is 0.0947. The van der Waals surface area contributed by atoms with Crippen LogP contribution in [0, 0.1) is 5.92 Å². The molecule has 1 saturated heterocycles. The van der Waals surface area contributed by atoms with Crippen molar-refractivity contribution >= 4 is 17.7 Å². The third-order valence-electron chi connectivity index (χ3n) is 3.48. The van der Waals surface area contributed by atoms with Gasteiger partial charge in [0.05, 0.1) is 5.56 Å². The molecule has 1 aliphatic rings. The Morgan fingerprint density at radius 2 is 2.45 bits per heavy atom. The van der Waals surface area contributed by atoms with Crippen LogP contribution >= 0.6 is 11.8 Å². The first-order chi connectivity index (χ1) is 9.69. The van der Waals surface area contributed by atoms with Crippen molar-refractivity contribution in [1.29, 1.82) is 0 Å². The van der Waals surface area contributed by atoms with Gasteiger partial charge >= 0.3 is 0 Å². The second-order valence-electron chi connectivity index (χ2n) is 5.21. The third kappa shape index (κ3) is 4.40. The quantitative estimate of drug-likeness (QED) is 0.876. The van der Waals surface area contributed by atoms with E-state index < -0.39 is 0 Å². The topological polar surface area (TPSA) is 51.2 Å². The highest BCUT2D eigenvalue weighted by molar-refractivity contribution is 7.99. The highest BCUT2D eigenvalue weighted by atomic mass is 32.2. The van der Waals surface area contributed by atoms with Crippen LogP contribution < -0.4 is 10.1 Å². The summed E-state index contributed by atoms with van der Waals surface area (Å²) in [5.74, 6) is 3.21. The molecular weight excluding hydrogens is 272 g/mol. The lowest BCUT2D eigenvalue weighted by Gasteiger charge is -2.12. The average Bonchev–Trinajstić information content (AvgIpc) is 2.98. The van der Waals surface area contributed by atoms with Crippen LogP contribution in [0.3, 0.4) is 0 Å². The van der Waals surface area contributed by atoms with Crippen molar-refractivity contribution in [2.24, 2.45) is 5.92 Å². The van der Waals surface area contributed by atoms with Crippen LogP contribution in [0.5, 0.6) is 5.88 Å². The third-order valence-corrected chi connectivity index (χ3v) is 4.61. The monoisotopic (exact) mass is 294 g/mol. The Kier molecular flexibility index (Phi) is 5.71. The molecule has 2 unspecified atom stereocenters. The molecule has 110 valence electrons. The van der Waals surface area contributed by atoms with Crippen molar-refractivity contribution in [2.45, 2.75) is 32.8 Å². The number of amides is 1. The fourth-order valence-corrected chi connectivity index (χ4v) is 2.97. The molecule has 1 aliphatic heterocycles. The van der Waals surface area contributed by atoms with Gasteiger partial charge in [-0.25, -0.2) is 4.98 Å².